The zero-order valence-corrected chi connectivity index (χ0v) is 12.2. The van der Waals surface area contributed by atoms with Crippen LogP contribution in [0.25, 0.3) is 6.08 Å². The van der Waals surface area contributed by atoms with Crippen LogP contribution in [0.5, 0.6) is 0 Å². The zero-order chi connectivity index (χ0) is 15.6. The van der Waals surface area contributed by atoms with E-state index in [1.165, 1.54) is 7.05 Å². The fraction of sp³-hybridized carbons (Fsp3) is 0.235. The molecular formula is C17H13N3O2. The van der Waals surface area contributed by atoms with Crippen LogP contribution in [-0.2, 0) is 14.1 Å². The van der Waals surface area contributed by atoms with Crippen molar-refractivity contribution in [2.24, 2.45) is 14.1 Å². The smallest absolute Gasteiger partial charge is 0.300 e. The summed E-state index contributed by atoms with van der Waals surface area (Å²) in [4.78, 5) is 24.6. The van der Waals surface area contributed by atoms with Gasteiger partial charge in [-0.05, 0) is 17.2 Å². The Balaban J connectivity index is 2.09. The summed E-state index contributed by atoms with van der Waals surface area (Å²) in [5.41, 5.74) is 3.32. The Morgan fingerprint density at radius 2 is 1.91 bits per heavy atom. The van der Waals surface area contributed by atoms with Gasteiger partial charge in [0.15, 0.2) is 0 Å². The van der Waals surface area contributed by atoms with Crippen LogP contribution in [0.2, 0.25) is 0 Å². The van der Waals surface area contributed by atoms with Gasteiger partial charge in [0.25, 0.3) is 5.56 Å². The maximum atomic E-state index is 12.5. The topological polar surface area (TPSA) is 67.8 Å². The van der Waals surface area contributed by atoms with Gasteiger partial charge in [-0.1, -0.05) is 24.3 Å². The van der Waals surface area contributed by atoms with E-state index in [4.69, 9.17) is 0 Å². The Hall–Kier alpha value is -2.87. The number of rotatable bonds is 0. The minimum Gasteiger partial charge on any atom is -0.300 e. The summed E-state index contributed by atoms with van der Waals surface area (Å²) in [5.74, 6) is -0.139. The molecule has 2 atom stereocenters. The summed E-state index contributed by atoms with van der Waals surface area (Å²) in [6.07, 6.45) is 4.00. The zero-order valence-electron chi connectivity index (χ0n) is 12.2. The summed E-state index contributed by atoms with van der Waals surface area (Å²) >= 11 is 0. The van der Waals surface area contributed by atoms with Crippen LogP contribution in [0.15, 0.2) is 33.9 Å². The molecule has 2 aliphatic rings. The lowest BCUT2D eigenvalue weighted by molar-refractivity contribution is 0.500. The Bertz CT molecular complexity index is 1020. The average Bonchev–Trinajstić information content (AvgIpc) is 2.51. The molecule has 0 N–H and O–H groups in total. The molecule has 2 aromatic rings. The molecule has 5 heteroatoms. The lowest BCUT2D eigenvalue weighted by Gasteiger charge is -2.41. The number of allylic oxidation sites excluding steroid dienone is 1. The Kier molecular flexibility index (Phi) is 2.38. The van der Waals surface area contributed by atoms with E-state index >= 15 is 0 Å². The first-order valence-corrected chi connectivity index (χ1v) is 7.07. The summed E-state index contributed by atoms with van der Waals surface area (Å²) in [6.45, 7) is 0. The molecule has 5 nitrogen and oxygen atoms in total. The van der Waals surface area contributed by atoms with Crippen LogP contribution in [0.4, 0.5) is 0 Å². The summed E-state index contributed by atoms with van der Waals surface area (Å²) in [7, 11) is 3.18. The van der Waals surface area contributed by atoms with Gasteiger partial charge < -0.3 is 0 Å². The molecular weight excluding hydrogens is 278 g/mol. The largest absolute Gasteiger partial charge is 0.330 e. The van der Waals surface area contributed by atoms with E-state index in [0.717, 1.165) is 21.4 Å². The Morgan fingerprint density at radius 3 is 2.64 bits per heavy atom. The molecule has 2 unspecified atom stereocenters. The Morgan fingerprint density at radius 1 is 1.14 bits per heavy atom. The van der Waals surface area contributed by atoms with Crippen LogP contribution >= 0.6 is 0 Å². The van der Waals surface area contributed by atoms with E-state index in [0.29, 0.717) is 11.1 Å². The molecule has 0 saturated carbocycles. The van der Waals surface area contributed by atoms with Gasteiger partial charge in [-0.2, -0.15) is 5.26 Å². The molecule has 0 amide bonds. The summed E-state index contributed by atoms with van der Waals surface area (Å²) in [6, 6.07) is 7.80. The lowest BCUT2D eigenvalue weighted by atomic mass is 9.63. The van der Waals surface area contributed by atoms with Gasteiger partial charge in [0.1, 0.15) is 0 Å². The van der Waals surface area contributed by atoms with E-state index < -0.39 is 0 Å². The van der Waals surface area contributed by atoms with Gasteiger partial charge in [-0.3, -0.25) is 13.9 Å². The van der Waals surface area contributed by atoms with Crippen LogP contribution in [0.1, 0.15) is 39.8 Å². The van der Waals surface area contributed by atoms with E-state index in [2.05, 4.69) is 6.07 Å². The Labute approximate surface area is 126 Å². The highest BCUT2D eigenvalue weighted by atomic mass is 16.2. The SMILES string of the molecule is Cn1c2c(c(=O)n(C)c1=O)C1c3c(C#N)cccc3C=CC21. The van der Waals surface area contributed by atoms with Gasteiger partial charge in [-0.25, -0.2) is 4.79 Å². The van der Waals surface area contributed by atoms with Crippen molar-refractivity contribution in [3.05, 3.63) is 73.1 Å². The number of hydrogen-bond donors (Lipinski definition) is 0. The van der Waals surface area contributed by atoms with Crippen LogP contribution in [0.3, 0.4) is 0 Å². The third-order valence-electron chi connectivity index (χ3n) is 4.79. The number of nitriles is 1. The second-order valence-electron chi connectivity index (χ2n) is 5.79. The number of benzene rings is 1. The van der Waals surface area contributed by atoms with Crippen molar-refractivity contribution in [2.75, 3.05) is 0 Å². The van der Waals surface area contributed by atoms with Crippen LogP contribution in [-0.4, -0.2) is 9.13 Å². The molecule has 0 radical (unpaired) electrons. The molecule has 0 fully saturated rings. The van der Waals surface area contributed by atoms with Crippen molar-refractivity contribution in [2.45, 2.75) is 11.8 Å². The standard InChI is InChI=1S/C17H13N3O2/c1-19-15-11-7-6-9-4-3-5-10(8-18)12(9)13(11)14(15)16(21)20(2)17(19)22/h3-7,11,13H,1-2H3. The molecule has 0 saturated heterocycles. The molecule has 1 heterocycles. The van der Waals surface area contributed by atoms with Crippen molar-refractivity contribution >= 4 is 6.08 Å². The van der Waals surface area contributed by atoms with E-state index in [-0.39, 0.29) is 23.1 Å². The van der Waals surface area contributed by atoms with E-state index in [1.54, 1.807) is 17.7 Å². The second-order valence-corrected chi connectivity index (χ2v) is 5.79. The number of hydrogen-bond acceptors (Lipinski definition) is 3. The van der Waals surface area contributed by atoms with E-state index in [9.17, 15) is 14.9 Å². The fourth-order valence-electron chi connectivity index (χ4n) is 3.73. The number of nitrogens with zero attached hydrogens (tertiary/aromatic N) is 3. The average molecular weight is 291 g/mol. The molecule has 4 rings (SSSR count). The molecule has 2 aliphatic carbocycles. The summed E-state index contributed by atoms with van der Waals surface area (Å²) < 4.78 is 2.68. The van der Waals surface area contributed by atoms with Crippen molar-refractivity contribution < 1.29 is 0 Å². The molecule has 1 aromatic heterocycles. The van der Waals surface area contributed by atoms with Crippen LogP contribution < -0.4 is 11.2 Å². The van der Waals surface area contributed by atoms with E-state index in [1.807, 2.05) is 24.3 Å². The molecule has 0 bridgehead atoms. The maximum absolute atomic E-state index is 12.5. The van der Waals surface area contributed by atoms with Gasteiger partial charge in [0.2, 0.25) is 0 Å². The van der Waals surface area contributed by atoms with Gasteiger partial charge in [-0.15, -0.1) is 0 Å². The minimum atomic E-state index is -0.310. The lowest BCUT2D eigenvalue weighted by Crippen LogP contribution is -2.48. The molecule has 0 aliphatic heterocycles. The normalized spacial score (nSPS) is 20.4. The third kappa shape index (κ3) is 1.32. The second kappa shape index (κ2) is 4.08. The quantitative estimate of drug-likeness (QED) is 0.732. The third-order valence-corrected chi connectivity index (χ3v) is 4.79. The highest BCUT2D eigenvalue weighted by Gasteiger charge is 2.45. The maximum Gasteiger partial charge on any atom is 0.330 e. The number of fused-ring (bicyclic) bond motifs is 6. The minimum absolute atomic E-state index is 0.0106. The number of aromatic nitrogens is 2. The monoisotopic (exact) mass is 291 g/mol. The summed E-state index contributed by atoms with van der Waals surface area (Å²) in [5, 5.41) is 9.38. The molecule has 108 valence electrons. The van der Waals surface area contributed by atoms with Crippen molar-refractivity contribution in [3.8, 4) is 6.07 Å². The highest BCUT2D eigenvalue weighted by molar-refractivity contribution is 5.70. The van der Waals surface area contributed by atoms with Gasteiger partial charge >= 0.3 is 5.69 Å². The van der Waals surface area contributed by atoms with Crippen molar-refractivity contribution in [1.82, 2.24) is 9.13 Å². The fourth-order valence-corrected chi connectivity index (χ4v) is 3.73. The van der Waals surface area contributed by atoms with Crippen molar-refractivity contribution in [1.29, 1.82) is 5.26 Å². The molecule has 22 heavy (non-hydrogen) atoms. The molecule has 0 spiro atoms. The first kappa shape index (κ1) is 12.8. The van der Waals surface area contributed by atoms with Crippen molar-refractivity contribution in [3.63, 3.8) is 0 Å². The molecule has 1 aromatic carbocycles. The predicted molar refractivity (Wildman–Crippen MR) is 81.7 cm³/mol. The first-order chi connectivity index (χ1) is 10.6. The van der Waals surface area contributed by atoms with Gasteiger partial charge in [0.05, 0.1) is 11.6 Å². The predicted octanol–water partition coefficient (Wildman–Crippen LogP) is 1.21. The first-order valence-electron chi connectivity index (χ1n) is 7.07. The van der Waals surface area contributed by atoms with Gasteiger partial charge in [0, 0.05) is 37.2 Å². The highest BCUT2D eigenvalue weighted by Crippen LogP contribution is 2.53. The van der Waals surface area contributed by atoms with Crippen LogP contribution in [0, 0.1) is 11.3 Å².